The first-order valence-corrected chi connectivity index (χ1v) is 3.45. The first kappa shape index (κ1) is 15.7. The minimum absolute atomic E-state index is 0. The van der Waals surface area contributed by atoms with Crippen molar-refractivity contribution in [2.45, 2.75) is 14.9 Å². The third-order valence-corrected chi connectivity index (χ3v) is 1.02. The predicted molar refractivity (Wildman–Crippen MR) is 36.2 cm³/mol. The Morgan fingerprint density at radius 3 is 1.62 bits per heavy atom. The fourth-order valence-electron chi connectivity index (χ4n) is 0. The molecule has 0 amide bonds. The lowest BCUT2D eigenvalue weighted by Crippen LogP contribution is -1.75. The van der Waals surface area contributed by atoms with Gasteiger partial charge in [-0.3, -0.25) is 4.57 Å². The summed E-state index contributed by atoms with van der Waals surface area (Å²) < 4.78 is 14.0. The van der Waals surface area contributed by atoms with Crippen molar-refractivity contribution >= 4 is 7.60 Å². The Labute approximate surface area is 51.2 Å². The van der Waals surface area contributed by atoms with Gasteiger partial charge in [0.2, 0.25) is 0 Å². The van der Waals surface area contributed by atoms with Gasteiger partial charge in [0.25, 0.3) is 0 Å². The van der Waals surface area contributed by atoms with Crippen LogP contribution in [0.3, 0.4) is 0 Å². The molecule has 0 aliphatic heterocycles. The van der Waals surface area contributed by atoms with Gasteiger partial charge in [-0.05, 0) is 0 Å². The number of hydrogen-bond donors (Lipinski definition) is 1. The highest BCUT2D eigenvalue weighted by Crippen LogP contribution is 2.34. The SMILES string of the molecule is C.C.COP(C)(=O)O. The molecule has 1 N–H and O–H groups in total. The normalized spacial score (nSPS) is 14.9. The maximum atomic E-state index is 9.92. The molecule has 0 saturated heterocycles. The zero-order valence-electron chi connectivity index (χ0n) is 3.71. The van der Waals surface area contributed by atoms with Gasteiger partial charge >= 0.3 is 7.60 Å². The van der Waals surface area contributed by atoms with Gasteiger partial charge in [0.15, 0.2) is 0 Å². The molecule has 0 aromatic rings. The molecule has 1 unspecified atom stereocenters. The van der Waals surface area contributed by atoms with Crippen LogP contribution in [0.5, 0.6) is 0 Å². The molecule has 0 rings (SSSR count). The van der Waals surface area contributed by atoms with Crippen molar-refractivity contribution in [1.29, 1.82) is 0 Å². The number of rotatable bonds is 1. The van der Waals surface area contributed by atoms with Gasteiger partial charge < -0.3 is 9.42 Å². The molecule has 0 heterocycles. The Bertz CT molecular complexity index is 75.4. The van der Waals surface area contributed by atoms with Crippen LogP contribution in [0.2, 0.25) is 0 Å². The molecular weight excluding hydrogens is 127 g/mol. The zero-order chi connectivity index (χ0) is 5.21. The van der Waals surface area contributed by atoms with Gasteiger partial charge in [-0.25, -0.2) is 0 Å². The minimum atomic E-state index is -3.15. The van der Waals surface area contributed by atoms with Gasteiger partial charge in [-0.2, -0.15) is 0 Å². The maximum Gasteiger partial charge on any atom is 0.324 e. The Hall–Kier alpha value is 0.150. The molecule has 8 heavy (non-hydrogen) atoms. The van der Waals surface area contributed by atoms with E-state index in [4.69, 9.17) is 4.89 Å². The van der Waals surface area contributed by atoms with Crippen molar-refractivity contribution in [2.75, 3.05) is 13.8 Å². The van der Waals surface area contributed by atoms with Gasteiger partial charge in [-0.15, -0.1) is 0 Å². The molecule has 4 heteroatoms. The van der Waals surface area contributed by atoms with E-state index in [2.05, 4.69) is 4.52 Å². The van der Waals surface area contributed by atoms with Crippen molar-refractivity contribution in [2.24, 2.45) is 0 Å². The van der Waals surface area contributed by atoms with Crippen molar-refractivity contribution in [3.05, 3.63) is 0 Å². The van der Waals surface area contributed by atoms with Crippen LogP contribution in [0.4, 0.5) is 0 Å². The summed E-state index contributed by atoms with van der Waals surface area (Å²) >= 11 is 0. The van der Waals surface area contributed by atoms with Crippen molar-refractivity contribution in [1.82, 2.24) is 0 Å². The largest absolute Gasteiger partial charge is 0.324 e. The molecule has 0 aromatic carbocycles. The topological polar surface area (TPSA) is 46.5 Å². The molecule has 1 atom stereocenters. The highest BCUT2D eigenvalue weighted by molar-refractivity contribution is 7.51. The maximum absolute atomic E-state index is 9.92. The lowest BCUT2D eigenvalue weighted by atomic mass is 11.8. The molecule has 3 nitrogen and oxygen atoms in total. The fourth-order valence-corrected chi connectivity index (χ4v) is 0. The van der Waals surface area contributed by atoms with Crippen molar-refractivity contribution in [3.63, 3.8) is 0 Å². The molecule has 0 radical (unpaired) electrons. The second kappa shape index (κ2) is 5.29. The minimum Gasteiger partial charge on any atom is -0.324 e. The summed E-state index contributed by atoms with van der Waals surface area (Å²) in [5.74, 6) is 0. The van der Waals surface area contributed by atoms with Crippen LogP contribution in [0.25, 0.3) is 0 Å². The van der Waals surface area contributed by atoms with E-state index in [1.165, 1.54) is 7.11 Å². The summed E-state index contributed by atoms with van der Waals surface area (Å²) in [6, 6.07) is 0. The Morgan fingerprint density at radius 2 is 1.62 bits per heavy atom. The van der Waals surface area contributed by atoms with Crippen LogP contribution in [0, 0.1) is 0 Å². The average Bonchev–Trinajstić information content (AvgIpc) is 1.35. The molecule has 0 spiro atoms. The summed E-state index contributed by atoms with van der Waals surface area (Å²) in [6.45, 7) is 1.13. The van der Waals surface area contributed by atoms with E-state index >= 15 is 0 Å². The summed E-state index contributed by atoms with van der Waals surface area (Å²) in [6.07, 6.45) is 0. The van der Waals surface area contributed by atoms with Crippen LogP contribution in [-0.4, -0.2) is 18.7 Å². The summed E-state index contributed by atoms with van der Waals surface area (Å²) in [7, 11) is -1.95. The molecule has 0 aliphatic carbocycles. The third kappa shape index (κ3) is 16.4. The molecule has 0 fully saturated rings. The van der Waals surface area contributed by atoms with E-state index in [1.54, 1.807) is 0 Å². The van der Waals surface area contributed by atoms with Gasteiger partial charge in [-0.1, -0.05) is 14.9 Å². The summed E-state index contributed by atoms with van der Waals surface area (Å²) in [5.41, 5.74) is 0. The zero-order valence-corrected chi connectivity index (χ0v) is 4.61. The quantitative estimate of drug-likeness (QED) is 0.567. The lowest BCUT2D eigenvalue weighted by molar-refractivity contribution is 0.322. The van der Waals surface area contributed by atoms with E-state index in [0.29, 0.717) is 0 Å². The first-order valence-electron chi connectivity index (χ1n) is 1.42. The Balaban J connectivity index is -0.000000125. The molecule has 0 aromatic heterocycles. The van der Waals surface area contributed by atoms with Crippen LogP contribution in [-0.2, 0) is 9.09 Å². The highest BCUT2D eigenvalue weighted by atomic mass is 31.2. The van der Waals surface area contributed by atoms with Crippen LogP contribution in [0.15, 0.2) is 0 Å². The second-order valence-electron chi connectivity index (χ2n) is 0.986. The monoisotopic (exact) mass is 142 g/mol. The third-order valence-electron chi connectivity index (χ3n) is 0.339. The van der Waals surface area contributed by atoms with Crippen molar-refractivity contribution in [3.8, 4) is 0 Å². The van der Waals surface area contributed by atoms with Gasteiger partial charge in [0.05, 0.1) is 0 Å². The van der Waals surface area contributed by atoms with Crippen LogP contribution >= 0.6 is 7.60 Å². The van der Waals surface area contributed by atoms with E-state index in [0.717, 1.165) is 6.66 Å². The predicted octanol–water partition coefficient (Wildman–Crippen LogP) is 1.72. The van der Waals surface area contributed by atoms with Crippen molar-refractivity contribution < 1.29 is 14.0 Å². The van der Waals surface area contributed by atoms with Crippen LogP contribution < -0.4 is 0 Å². The molecule has 0 aliphatic rings. The van der Waals surface area contributed by atoms with Gasteiger partial charge in [0.1, 0.15) is 0 Å². The average molecular weight is 142 g/mol. The molecular formula is C4H15O3P. The first-order chi connectivity index (χ1) is 2.56. The molecule has 54 valence electrons. The summed E-state index contributed by atoms with van der Waals surface area (Å²) in [5, 5.41) is 0. The molecule has 0 bridgehead atoms. The second-order valence-corrected chi connectivity index (χ2v) is 2.96. The Morgan fingerprint density at radius 1 is 1.50 bits per heavy atom. The Kier molecular flexibility index (Phi) is 10.4. The van der Waals surface area contributed by atoms with E-state index in [1.807, 2.05) is 0 Å². The van der Waals surface area contributed by atoms with Crippen LogP contribution in [0.1, 0.15) is 14.9 Å². The fraction of sp³-hybridized carbons (Fsp3) is 1.00. The number of hydrogen-bond acceptors (Lipinski definition) is 2. The smallest absolute Gasteiger partial charge is 0.324 e. The van der Waals surface area contributed by atoms with E-state index < -0.39 is 7.60 Å². The van der Waals surface area contributed by atoms with E-state index in [-0.39, 0.29) is 14.9 Å². The highest BCUT2D eigenvalue weighted by Gasteiger charge is 2.02. The summed E-state index contributed by atoms with van der Waals surface area (Å²) in [4.78, 5) is 8.16. The van der Waals surface area contributed by atoms with Gasteiger partial charge in [0, 0.05) is 13.8 Å². The van der Waals surface area contributed by atoms with E-state index in [9.17, 15) is 4.57 Å². The standard InChI is InChI=1S/C2H7O3P.2CH4/c1-5-6(2,3)4;;/h1-2H3,(H,3,4);2*1H4. The molecule has 0 saturated carbocycles. The lowest BCUT2D eigenvalue weighted by Gasteiger charge is -1.96.